The standard InChI is InChI=1S/C15H16N4O2/c1-10(11-6-8-17-9-7-11)18-15(20)13-4-2-12(3-5-13)14(16)19-21/h2-10,21H,1H3,(H2,16,19)(H,18,20). The number of carbonyl (C=O) groups excluding carboxylic acids is 1. The third kappa shape index (κ3) is 3.56. The van der Waals surface area contributed by atoms with Crippen LogP contribution in [0.5, 0.6) is 0 Å². The van der Waals surface area contributed by atoms with Gasteiger partial charge in [0.15, 0.2) is 5.84 Å². The SMILES string of the molecule is CC(NC(=O)c1ccc(/C(N)=N/O)cc1)c1ccncc1. The van der Waals surface area contributed by atoms with Crippen LogP contribution in [0.1, 0.15) is 34.5 Å². The molecule has 0 radical (unpaired) electrons. The molecule has 6 nitrogen and oxygen atoms in total. The monoisotopic (exact) mass is 284 g/mol. The Balaban J connectivity index is 2.07. The second-order valence-electron chi connectivity index (χ2n) is 4.54. The van der Waals surface area contributed by atoms with Gasteiger partial charge >= 0.3 is 0 Å². The molecule has 1 aromatic heterocycles. The quantitative estimate of drug-likeness (QED) is 0.344. The zero-order valence-electron chi connectivity index (χ0n) is 11.5. The lowest BCUT2D eigenvalue weighted by Gasteiger charge is -2.14. The molecule has 0 aliphatic heterocycles. The van der Waals surface area contributed by atoms with Crippen LogP contribution in [-0.4, -0.2) is 21.9 Å². The zero-order chi connectivity index (χ0) is 15.2. The molecule has 0 saturated carbocycles. The van der Waals surface area contributed by atoms with Gasteiger partial charge < -0.3 is 16.3 Å². The molecule has 0 aliphatic carbocycles. The summed E-state index contributed by atoms with van der Waals surface area (Å²) >= 11 is 0. The van der Waals surface area contributed by atoms with Crippen LogP contribution >= 0.6 is 0 Å². The third-order valence-corrected chi connectivity index (χ3v) is 3.10. The Hall–Kier alpha value is -2.89. The van der Waals surface area contributed by atoms with E-state index in [-0.39, 0.29) is 17.8 Å². The van der Waals surface area contributed by atoms with Crippen LogP contribution in [-0.2, 0) is 0 Å². The Morgan fingerprint density at radius 1 is 1.19 bits per heavy atom. The lowest BCUT2D eigenvalue weighted by Crippen LogP contribution is -2.26. The number of amidine groups is 1. The molecule has 6 heteroatoms. The third-order valence-electron chi connectivity index (χ3n) is 3.10. The molecular weight excluding hydrogens is 268 g/mol. The first-order valence-electron chi connectivity index (χ1n) is 6.40. The highest BCUT2D eigenvalue weighted by molar-refractivity contribution is 5.99. The highest BCUT2D eigenvalue weighted by Crippen LogP contribution is 2.12. The van der Waals surface area contributed by atoms with E-state index in [1.54, 1.807) is 36.7 Å². The summed E-state index contributed by atoms with van der Waals surface area (Å²) in [6.45, 7) is 1.90. The van der Waals surface area contributed by atoms with Crippen LogP contribution in [0.3, 0.4) is 0 Å². The number of nitrogens with one attached hydrogen (secondary N) is 1. The lowest BCUT2D eigenvalue weighted by atomic mass is 10.1. The van der Waals surface area contributed by atoms with Gasteiger partial charge in [-0.3, -0.25) is 9.78 Å². The smallest absolute Gasteiger partial charge is 0.251 e. The number of amides is 1. The predicted octanol–water partition coefficient (Wildman–Crippen LogP) is 1.67. The number of carbonyl (C=O) groups is 1. The molecule has 2 aromatic rings. The first-order chi connectivity index (χ1) is 10.1. The molecule has 0 aliphatic rings. The van der Waals surface area contributed by atoms with E-state index in [9.17, 15) is 4.79 Å². The molecule has 0 fully saturated rings. The Bertz CT molecular complexity index is 638. The summed E-state index contributed by atoms with van der Waals surface area (Å²) in [5.74, 6) is -0.183. The van der Waals surface area contributed by atoms with Crippen molar-refractivity contribution < 1.29 is 10.0 Å². The maximum atomic E-state index is 12.1. The van der Waals surface area contributed by atoms with Gasteiger partial charge in [-0.1, -0.05) is 17.3 Å². The average molecular weight is 284 g/mol. The lowest BCUT2D eigenvalue weighted by molar-refractivity contribution is 0.0940. The second-order valence-corrected chi connectivity index (χ2v) is 4.54. The van der Waals surface area contributed by atoms with E-state index in [1.165, 1.54) is 0 Å². The minimum absolute atomic E-state index is 0.00658. The molecular formula is C15H16N4O2. The molecule has 21 heavy (non-hydrogen) atoms. The number of pyridine rings is 1. The summed E-state index contributed by atoms with van der Waals surface area (Å²) < 4.78 is 0. The van der Waals surface area contributed by atoms with Crippen molar-refractivity contribution in [2.45, 2.75) is 13.0 Å². The number of hydrogen-bond donors (Lipinski definition) is 3. The molecule has 0 bridgehead atoms. The van der Waals surface area contributed by atoms with Crippen molar-refractivity contribution >= 4 is 11.7 Å². The summed E-state index contributed by atoms with van der Waals surface area (Å²) in [7, 11) is 0. The summed E-state index contributed by atoms with van der Waals surface area (Å²) in [5.41, 5.74) is 7.51. The fourth-order valence-corrected chi connectivity index (χ4v) is 1.87. The molecule has 0 spiro atoms. The van der Waals surface area contributed by atoms with E-state index in [0.29, 0.717) is 11.1 Å². The Morgan fingerprint density at radius 3 is 2.33 bits per heavy atom. The van der Waals surface area contributed by atoms with Crippen LogP contribution in [0.15, 0.2) is 53.9 Å². The van der Waals surface area contributed by atoms with Gasteiger partial charge in [-0.05, 0) is 36.8 Å². The van der Waals surface area contributed by atoms with E-state index in [0.717, 1.165) is 5.56 Å². The van der Waals surface area contributed by atoms with E-state index in [1.807, 2.05) is 19.1 Å². The van der Waals surface area contributed by atoms with Gasteiger partial charge in [-0.15, -0.1) is 0 Å². The fourth-order valence-electron chi connectivity index (χ4n) is 1.87. The summed E-state index contributed by atoms with van der Waals surface area (Å²) in [4.78, 5) is 16.1. The predicted molar refractivity (Wildman–Crippen MR) is 79.1 cm³/mol. The highest BCUT2D eigenvalue weighted by Gasteiger charge is 2.11. The number of aromatic nitrogens is 1. The normalized spacial score (nSPS) is 12.7. The first-order valence-corrected chi connectivity index (χ1v) is 6.40. The molecule has 1 unspecified atom stereocenters. The van der Waals surface area contributed by atoms with Crippen LogP contribution in [0.2, 0.25) is 0 Å². The van der Waals surface area contributed by atoms with Gasteiger partial charge in [-0.2, -0.15) is 0 Å². The molecule has 0 saturated heterocycles. The van der Waals surface area contributed by atoms with Gasteiger partial charge in [-0.25, -0.2) is 0 Å². The van der Waals surface area contributed by atoms with Crippen molar-refractivity contribution in [3.63, 3.8) is 0 Å². The maximum absolute atomic E-state index is 12.1. The second kappa shape index (κ2) is 6.51. The summed E-state index contributed by atoms with van der Waals surface area (Å²) in [6.07, 6.45) is 3.37. The number of oxime groups is 1. The maximum Gasteiger partial charge on any atom is 0.251 e. The van der Waals surface area contributed by atoms with E-state index >= 15 is 0 Å². The molecule has 108 valence electrons. The molecule has 1 amide bonds. The van der Waals surface area contributed by atoms with Crippen molar-refractivity contribution in [1.29, 1.82) is 0 Å². The Morgan fingerprint density at radius 2 is 1.76 bits per heavy atom. The van der Waals surface area contributed by atoms with E-state index < -0.39 is 0 Å². The van der Waals surface area contributed by atoms with Crippen molar-refractivity contribution in [2.24, 2.45) is 10.9 Å². The van der Waals surface area contributed by atoms with Crippen molar-refractivity contribution in [2.75, 3.05) is 0 Å². The molecule has 2 rings (SSSR count). The number of nitrogens with two attached hydrogens (primary N) is 1. The topological polar surface area (TPSA) is 101 Å². The Kier molecular flexibility index (Phi) is 4.50. The zero-order valence-corrected chi connectivity index (χ0v) is 11.5. The minimum Gasteiger partial charge on any atom is -0.409 e. The van der Waals surface area contributed by atoms with Crippen molar-refractivity contribution in [1.82, 2.24) is 10.3 Å². The highest BCUT2D eigenvalue weighted by atomic mass is 16.4. The van der Waals surface area contributed by atoms with Gasteiger partial charge in [0.25, 0.3) is 5.91 Å². The number of nitrogens with zero attached hydrogens (tertiary/aromatic N) is 2. The molecule has 4 N–H and O–H groups in total. The van der Waals surface area contributed by atoms with Gasteiger partial charge in [0.05, 0.1) is 6.04 Å². The van der Waals surface area contributed by atoms with Gasteiger partial charge in [0, 0.05) is 23.5 Å². The van der Waals surface area contributed by atoms with Crippen LogP contribution in [0.25, 0.3) is 0 Å². The average Bonchev–Trinajstić information content (AvgIpc) is 2.55. The summed E-state index contributed by atoms with van der Waals surface area (Å²) in [6, 6.07) is 10.1. The van der Waals surface area contributed by atoms with Gasteiger partial charge in [0.2, 0.25) is 0 Å². The van der Waals surface area contributed by atoms with Crippen molar-refractivity contribution in [3.8, 4) is 0 Å². The Labute approximate surface area is 122 Å². The fraction of sp³-hybridized carbons (Fsp3) is 0.133. The van der Waals surface area contributed by atoms with E-state index in [4.69, 9.17) is 10.9 Å². The number of rotatable bonds is 4. The molecule has 1 aromatic carbocycles. The summed E-state index contributed by atoms with van der Waals surface area (Å²) in [5, 5.41) is 14.4. The number of benzene rings is 1. The van der Waals surface area contributed by atoms with E-state index in [2.05, 4.69) is 15.5 Å². The molecule has 1 heterocycles. The van der Waals surface area contributed by atoms with Crippen molar-refractivity contribution in [3.05, 3.63) is 65.5 Å². The molecule has 1 atom stereocenters. The first kappa shape index (κ1) is 14.5. The minimum atomic E-state index is -0.189. The van der Waals surface area contributed by atoms with Crippen LogP contribution in [0.4, 0.5) is 0 Å². The van der Waals surface area contributed by atoms with Crippen LogP contribution in [0, 0.1) is 0 Å². The number of hydrogen-bond acceptors (Lipinski definition) is 4. The van der Waals surface area contributed by atoms with Gasteiger partial charge in [0.1, 0.15) is 0 Å². The largest absolute Gasteiger partial charge is 0.409 e. The van der Waals surface area contributed by atoms with Crippen LogP contribution < -0.4 is 11.1 Å².